The zero-order valence-corrected chi connectivity index (χ0v) is 16.5. The molecule has 1 heterocycles. The molecule has 0 saturated carbocycles. The summed E-state index contributed by atoms with van der Waals surface area (Å²) in [5.74, 6) is -0.355. The topological polar surface area (TPSA) is 105 Å². The van der Waals surface area contributed by atoms with Crippen LogP contribution in [0.3, 0.4) is 0 Å². The van der Waals surface area contributed by atoms with Gasteiger partial charge in [-0.2, -0.15) is 0 Å². The molecule has 1 fully saturated rings. The van der Waals surface area contributed by atoms with Crippen LogP contribution in [0.4, 0.5) is 9.59 Å². The van der Waals surface area contributed by atoms with Crippen LogP contribution in [-0.2, 0) is 19.9 Å². The van der Waals surface area contributed by atoms with E-state index in [4.69, 9.17) is 9.47 Å². The molecule has 2 amide bonds. The first-order valence-corrected chi connectivity index (χ1v) is 9.38. The second kappa shape index (κ2) is 9.43. The number of hydrogen-bond acceptors (Lipinski definition) is 5. The first-order chi connectivity index (χ1) is 13.3. The van der Waals surface area contributed by atoms with E-state index in [0.717, 1.165) is 5.56 Å². The Labute approximate surface area is 164 Å². The van der Waals surface area contributed by atoms with Crippen LogP contribution in [0.2, 0.25) is 0 Å². The fraction of sp³-hybridized carbons (Fsp3) is 0.550. The first kappa shape index (κ1) is 21.5. The van der Waals surface area contributed by atoms with Crippen LogP contribution in [0.15, 0.2) is 30.3 Å². The maximum atomic E-state index is 12.6. The number of likely N-dealkylation sites (tertiary alicyclic amines) is 1. The molecule has 0 spiro atoms. The lowest BCUT2D eigenvalue weighted by molar-refractivity contribution is -0.143. The van der Waals surface area contributed by atoms with E-state index in [9.17, 15) is 19.5 Å². The number of alkyl carbamates (subject to hydrolysis) is 1. The molecule has 28 heavy (non-hydrogen) atoms. The number of amides is 2. The highest BCUT2D eigenvalue weighted by Crippen LogP contribution is 2.37. The number of carbonyl (C=O) groups is 3. The van der Waals surface area contributed by atoms with Gasteiger partial charge in [-0.15, -0.1) is 0 Å². The molecule has 1 atom stereocenters. The lowest BCUT2D eigenvalue weighted by Gasteiger charge is -2.40. The highest BCUT2D eigenvalue weighted by atomic mass is 16.6. The van der Waals surface area contributed by atoms with Gasteiger partial charge in [-0.3, -0.25) is 0 Å². The number of nitrogens with zero attached hydrogens (tertiary/aromatic N) is 1. The number of esters is 1. The Bertz CT molecular complexity index is 683. The first-order valence-electron chi connectivity index (χ1n) is 9.38. The lowest BCUT2D eigenvalue weighted by Crippen LogP contribution is -2.50. The molecule has 1 aliphatic rings. The number of rotatable bonds is 6. The standard InChI is InChI=1S/C20H28N2O6/c1-14(2)13-16(17(23)27-3)21-18(24)28-20(15-7-5-4-6-8-15)9-11-22(12-10-20)19(25)26/h4-8,14,16H,9-13H2,1-3H3,(H,21,24)(H,25,26). The van der Waals surface area contributed by atoms with Gasteiger partial charge in [0.15, 0.2) is 0 Å². The summed E-state index contributed by atoms with van der Waals surface area (Å²) in [6, 6.07) is 8.46. The van der Waals surface area contributed by atoms with Gasteiger partial charge >= 0.3 is 18.2 Å². The summed E-state index contributed by atoms with van der Waals surface area (Å²) in [6.07, 6.45) is -0.613. The quantitative estimate of drug-likeness (QED) is 0.721. The van der Waals surface area contributed by atoms with Gasteiger partial charge in [0.2, 0.25) is 0 Å². The minimum absolute atomic E-state index is 0.172. The van der Waals surface area contributed by atoms with E-state index in [-0.39, 0.29) is 19.0 Å². The molecule has 1 saturated heterocycles. The number of carboxylic acid groups (broad SMARTS) is 1. The third-order valence-electron chi connectivity index (χ3n) is 4.91. The zero-order valence-electron chi connectivity index (χ0n) is 16.5. The van der Waals surface area contributed by atoms with E-state index in [1.54, 1.807) is 0 Å². The number of methoxy groups -OCH3 is 1. The number of nitrogens with one attached hydrogen (secondary N) is 1. The molecule has 0 aliphatic carbocycles. The lowest BCUT2D eigenvalue weighted by atomic mass is 9.84. The van der Waals surface area contributed by atoms with Crippen molar-refractivity contribution in [1.82, 2.24) is 10.2 Å². The van der Waals surface area contributed by atoms with E-state index in [1.165, 1.54) is 12.0 Å². The van der Waals surface area contributed by atoms with Crippen LogP contribution < -0.4 is 5.32 Å². The maximum absolute atomic E-state index is 12.6. The van der Waals surface area contributed by atoms with Crippen molar-refractivity contribution in [3.05, 3.63) is 35.9 Å². The molecule has 0 bridgehead atoms. The minimum Gasteiger partial charge on any atom is -0.467 e. The van der Waals surface area contributed by atoms with Gasteiger partial charge in [0.1, 0.15) is 11.6 Å². The summed E-state index contributed by atoms with van der Waals surface area (Å²) in [5, 5.41) is 11.8. The third kappa shape index (κ3) is 5.37. The van der Waals surface area contributed by atoms with Gasteiger partial charge < -0.3 is 24.8 Å². The van der Waals surface area contributed by atoms with Gasteiger partial charge in [-0.05, 0) is 17.9 Å². The Balaban J connectivity index is 2.17. The van der Waals surface area contributed by atoms with Crippen LogP contribution in [0.5, 0.6) is 0 Å². The monoisotopic (exact) mass is 392 g/mol. The molecule has 0 aromatic heterocycles. The molecule has 0 radical (unpaired) electrons. The van der Waals surface area contributed by atoms with E-state index in [0.29, 0.717) is 19.3 Å². The van der Waals surface area contributed by atoms with Crippen molar-refractivity contribution in [2.75, 3.05) is 20.2 Å². The predicted molar refractivity (Wildman–Crippen MR) is 102 cm³/mol. The van der Waals surface area contributed by atoms with E-state index in [2.05, 4.69) is 5.32 Å². The highest BCUT2D eigenvalue weighted by molar-refractivity contribution is 5.81. The van der Waals surface area contributed by atoms with Crippen molar-refractivity contribution in [1.29, 1.82) is 0 Å². The molecule has 8 nitrogen and oxygen atoms in total. The van der Waals surface area contributed by atoms with Gasteiger partial charge in [0, 0.05) is 25.9 Å². The van der Waals surface area contributed by atoms with Crippen molar-refractivity contribution in [3.8, 4) is 0 Å². The summed E-state index contributed by atoms with van der Waals surface area (Å²) in [4.78, 5) is 37.2. The molecule has 2 N–H and O–H groups in total. The molecule has 8 heteroatoms. The van der Waals surface area contributed by atoms with Gasteiger partial charge in [-0.1, -0.05) is 44.2 Å². The number of piperidine rings is 1. The summed E-state index contributed by atoms with van der Waals surface area (Å²) in [5.41, 5.74) is -0.149. The smallest absolute Gasteiger partial charge is 0.408 e. The largest absolute Gasteiger partial charge is 0.467 e. The van der Waals surface area contributed by atoms with Crippen molar-refractivity contribution >= 4 is 18.2 Å². The normalized spacial score (nSPS) is 16.9. The number of carbonyl (C=O) groups excluding carboxylic acids is 2. The summed E-state index contributed by atoms with van der Waals surface area (Å²) >= 11 is 0. The predicted octanol–water partition coefficient (Wildman–Crippen LogP) is 2.97. The highest BCUT2D eigenvalue weighted by Gasteiger charge is 2.41. The third-order valence-corrected chi connectivity index (χ3v) is 4.91. The summed E-state index contributed by atoms with van der Waals surface area (Å²) in [6.45, 7) is 4.39. The second-order valence-electron chi connectivity index (χ2n) is 7.37. The van der Waals surface area contributed by atoms with Crippen LogP contribution in [-0.4, -0.2) is 54.4 Å². The van der Waals surface area contributed by atoms with Crippen LogP contribution in [0.25, 0.3) is 0 Å². The van der Waals surface area contributed by atoms with Gasteiger partial charge in [0.25, 0.3) is 0 Å². The van der Waals surface area contributed by atoms with Crippen molar-refractivity contribution in [2.24, 2.45) is 5.92 Å². The Morgan fingerprint density at radius 2 is 1.79 bits per heavy atom. The summed E-state index contributed by atoms with van der Waals surface area (Å²) < 4.78 is 10.6. The van der Waals surface area contributed by atoms with Crippen LogP contribution in [0.1, 0.15) is 38.7 Å². The number of benzene rings is 1. The Hall–Kier alpha value is -2.77. The van der Waals surface area contributed by atoms with E-state index in [1.807, 2.05) is 44.2 Å². The molecular formula is C20H28N2O6. The summed E-state index contributed by atoms with van der Waals surface area (Å²) in [7, 11) is 1.27. The SMILES string of the molecule is COC(=O)C(CC(C)C)NC(=O)OC1(c2ccccc2)CCN(C(=O)O)CC1. The molecule has 2 rings (SSSR count). The minimum atomic E-state index is -0.992. The van der Waals surface area contributed by atoms with E-state index >= 15 is 0 Å². The zero-order chi connectivity index (χ0) is 20.7. The Kier molecular flexibility index (Phi) is 7.25. The van der Waals surface area contributed by atoms with Crippen molar-refractivity contribution in [3.63, 3.8) is 0 Å². The van der Waals surface area contributed by atoms with Crippen LogP contribution >= 0.6 is 0 Å². The Morgan fingerprint density at radius 3 is 2.29 bits per heavy atom. The fourth-order valence-corrected chi connectivity index (χ4v) is 3.43. The molecule has 1 aliphatic heterocycles. The van der Waals surface area contributed by atoms with Crippen molar-refractivity contribution < 1.29 is 29.0 Å². The average Bonchev–Trinajstić information content (AvgIpc) is 2.67. The van der Waals surface area contributed by atoms with Gasteiger partial charge in [0.05, 0.1) is 7.11 Å². The molecular weight excluding hydrogens is 364 g/mol. The molecule has 1 aromatic rings. The second-order valence-corrected chi connectivity index (χ2v) is 7.37. The average molecular weight is 392 g/mol. The molecule has 154 valence electrons. The number of hydrogen-bond donors (Lipinski definition) is 2. The van der Waals surface area contributed by atoms with Crippen molar-refractivity contribution in [2.45, 2.75) is 44.8 Å². The Morgan fingerprint density at radius 1 is 1.18 bits per heavy atom. The molecule has 1 unspecified atom stereocenters. The van der Waals surface area contributed by atoms with Gasteiger partial charge in [-0.25, -0.2) is 14.4 Å². The van der Waals surface area contributed by atoms with E-state index < -0.39 is 29.8 Å². The molecule has 1 aromatic carbocycles. The fourth-order valence-electron chi connectivity index (χ4n) is 3.43. The number of ether oxygens (including phenoxy) is 2. The van der Waals surface area contributed by atoms with Crippen LogP contribution in [0, 0.1) is 5.92 Å². The maximum Gasteiger partial charge on any atom is 0.408 e.